The monoisotopic (exact) mass is 221 g/mol. The third-order valence-electron chi connectivity index (χ3n) is 3.74. The van der Waals surface area contributed by atoms with Gasteiger partial charge in [0.25, 0.3) is 0 Å². The SMILES string of the molecule is CNC(c1ccc(F)c(C)c1)C(C)C1CC1. The minimum Gasteiger partial charge on any atom is -0.313 e. The third-order valence-corrected chi connectivity index (χ3v) is 3.74. The molecule has 2 rings (SSSR count). The highest BCUT2D eigenvalue weighted by Crippen LogP contribution is 2.42. The number of benzene rings is 1. The van der Waals surface area contributed by atoms with Crippen LogP contribution in [0.15, 0.2) is 18.2 Å². The summed E-state index contributed by atoms with van der Waals surface area (Å²) >= 11 is 0. The van der Waals surface area contributed by atoms with Crippen molar-refractivity contribution in [3.05, 3.63) is 35.1 Å². The average molecular weight is 221 g/mol. The van der Waals surface area contributed by atoms with Gasteiger partial charge in [-0.1, -0.05) is 19.1 Å². The molecule has 0 spiro atoms. The quantitative estimate of drug-likeness (QED) is 0.821. The Balaban J connectivity index is 2.21. The summed E-state index contributed by atoms with van der Waals surface area (Å²) in [5, 5.41) is 3.36. The molecule has 1 aromatic rings. The molecule has 1 aromatic carbocycles. The molecular weight excluding hydrogens is 201 g/mol. The summed E-state index contributed by atoms with van der Waals surface area (Å²) in [6, 6.07) is 5.80. The molecule has 1 aliphatic carbocycles. The number of nitrogens with one attached hydrogen (secondary N) is 1. The normalized spacial score (nSPS) is 19.5. The minimum absolute atomic E-state index is 0.113. The van der Waals surface area contributed by atoms with Crippen molar-refractivity contribution in [1.82, 2.24) is 5.32 Å². The van der Waals surface area contributed by atoms with Gasteiger partial charge in [-0.2, -0.15) is 0 Å². The second-order valence-corrected chi connectivity index (χ2v) is 4.97. The lowest BCUT2D eigenvalue weighted by atomic mass is 9.90. The van der Waals surface area contributed by atoms with Crippen molar-refractivity contribution in [3.63, 3.8) is 0 Å². The molecule has 16 heavy (non-hydrogen) atoms. The van der Waals surface area contributed by atoms with Crippen LogP contribution in [0.2, 0.25) is 0 Å². The zero-order valence-electron chi connectivity index (χ0n) is 10.3. The summed E-state index contributed by atoms with van der Waals surface area (Å²) in [7, 11) is 1.99. The molecule has 2 unspecified atom stereocenters. The first-order chi connectivity index (χ1) is 7.63. The van der Waals surface area contributed by atoms with Crippen LogP contribution in [0.4, 0.5) is 4.39 Å². The van der Waals surface area contributed by atoms with Crippen molar-refractivity contribution in [3.8, 4) is 0 Å². The molecule has 0 amide bonds. The number of aryl methyl sites for hydroxylation is 1. The Hall–Kier alpha value is -0.890. The molecular formula is C14H20FN. The van der Waals surface area contributed by atoms with Gasteiger partial charge in [-0.3, -0.25) is 0 Å². The largest absolute Gasteiger partial charge is 0.313 e. The predicted octanol–water partition coefficient (Wildman–Crippen LogP) is 3.44. The van der Waals surface area contributed by atoms with Gasteiger partial charge in [0.1, 0.15) is 5.82 Å². The van der Waals surface area contributed by atoms with Crippen molar-refractivity contribution in [2.24, 2.45) is 11.8 Å². The fourth-order valence-electron chi connectivity index (χ4n) is 2.49. The number of halogens is 1. The molecule has 1 nitrogen and oxygen atoms in total. The van der Waals surface area contributed by atoms with E-state index in [4.69, 9.17) is 0 Å². The molecule has 1 fully saturated rings. The smallest absolute Gasteiger partial charge is 0.126 e. The van der Waals surface area contributed by atoms with E-state index in [0.717, 1.165) is 11.5 Å². The molecule has 88 valence electrons. The van der Waals surface area contributed by atoms with Gasteiger partial charge in [0.05, 0.1) is 0 Å². The zero-order chi connectivity index (χ0) is 11.7. The lowest BCUT2D eigenvalue weighted by Gasteiger charge is -2.24. The van der Waals surface area contributed by atoms with Crippen LogP contribution in [-0.4, -0.2) is 7.05 Å². The van der Waals surface area contributed by atoms with Crippen molar-refractivity contribution in [2.45, 2.75) is 32.7 Å². The Labute approximate surface area is 97.1 Å². The van der Waals surface area contributed by atoms with Gasteiger partial charge < -0.3 is 5.32 Å². The standard InChI is InChI=1S/C14H20FN/c1-9-8-12(6-7-13(9)15)14(16-3)10(2)11-4-5-11/h6-8,10-11,14,16H,4-5H2,1-3H3. The molecule has 0 heterocycles. The molecule has 2 heteroatoms. The van der Waals surface area contributed by atoms with Crippen LogP contribution in [0.5, 0.6) is 0 Å². The summed E-state index contributed by atoms with van der Waals surface area (Å²) in [5.41, 5.74) is 1.95. The van der Waals surface area contributed by atoms with E-state index in [2.05, 4.69) is 12.2 Å². The maximum Gasteiger partial charge on any atom is 0.126 e. The highest BCUT2D eigenvalue weighted by atomic mass is 19.1. The summed E-state index contributed by atoms with van der Waals surface area (Å²) < 4.78 is 13.2. The van der Waals surface area contributed by atoms with Crippen LogP contribution in [-0.2, 0) is 0 Å². The van der Waals surface area contributed by atoms with Gasteiger partial charge in [-0.15, -0.1) is 0 Å². The Bertz CT molecular complexity index is 371. The molecule has 1 N–H and O–H groups in total. The van der Waals surface area contributed by atoms with Gasteiger partial charge in [0.15, 0.2) is 0 Å². The van der Waals surface area contributed by atoms with Crippen LogP contribution in [0.3, 0.4) is 0 Å². The number of rotatable bonds is 4. The minimum atomic E-state index is -0.113. The molecule has 2 atom stereocenters. The van der Waals surface area contributed by atoms with Gasteiger partial charge >= 0.3 is 0 Å². The van der Waals surface area contributed by atoms with E-state index >= 15 is 0 Å². The van der Waals surface area contributed by atoms with E-state index in [1.165, 1.54) is 18.4 Å². The molecule has 1 aliphatic rings. The topological polar surface area (TPSA) is 12.0 Å². The fraction of sp³-hybridized carbons (Fsp3) is 0.571. The Morgan fingerprint density at radius 3 is 2.56 bits per heavy atom. The second kappa shape index (κ2) is 4.54. The number of hydrogen-bond donors (Lipinski definition) is 1. The van der Waals surface area contributed by atoms with E-state index < -0.39 is 0 Å². The van der Waals surface area contributed by atoms with E-state index in [9.17, 15) is 4.39 Å². The first-order valence-corrected chi connectivity index (χ1v) is 6.06. The summed E-state index contributed by atoms with van der Waals surface area (Å²) in [6.07, 6.45) is 2.69. The molecule has 0 aromatic heterocycles. The maximum absolute atomic E-state index is 13.2. The predicted molar refractivity (Wildman–Crippen MR) is 64.8 cm³/mol. The van der Waals surface area contributed by atoms with Gasteiger partial charge in [0.2, 0.25) is 0 Å². The van der Waals surface area contributed by atoms with Crippen LogP contribution < -0.4 is 5.32 Å². The van der Waals surface area contributed by atoms with E-state index in [1.807, 2.05) is 26.1 Å². The molecule has 1 saturated carbocycles. The van der Waals surface area contributed by atoms with Gasteiger partial charge in [-0.05, 0) is 55.8 Å². The van der Waals surface area contributed by atoms with Crippen molar-refractivity contribution < 1.29 is 4.39 Å². The molecule has 0 saturated heterocycles. The van der Waals surface area contributed by atoms with E-state index in [0.29, 0.717) is 12.0 Å². The van der Waals surface area contributed by atoms with Crippen LogP contribution >= 0.6 is 0 Å². The zero-order valence-corrected chi connectivity index (χ0v) is 10.3. The summed E-state index contributed by atoms with van der Waals surface area (Å²) in [6.45, 7) is 4.12. The maximum atomic E-state index is 13.2. The van der Waals surface area contributed by atoms with Crippen molar-refractivity contribution in [1.29, 1.82) is 0 Å². The lowest BCUT2D eigenvalue weighted by molar-refractivity contribution is 0.368. The van der Waals surface area contributed by atoms with Crippen LogP contribution in [0, 0.1) is 24.6 Å². The summed E-state index contributed by atoms with van der Waals surface area (Å²) in [4.78, 5) is 0. The van der Waals surface area contributed by atoms with Gasteiger partial charge in [0, 0.05) is 6.04 Å². The Morgan fingerprint density at radius 2 is 2.06 bits per heavy atom. The highest BCUT2D eigenvalue weighted by molar-refractivity contribution is 5.27. The highest BCUT2D eigenvalue weighted by Gasteiger charge is 2.33. The number of hydrogen-bond acceptors (Lipinski definition) is 1. The van der Waals surface area contributed by atoms with Crippen molar-refractivity contribution >= 4 is 0 Å². The Kier molecular flexibility index (Phi) is 3.29. The van der Waals surface area contributed by atoms with E-state index in [1.54, 1.807) is 6.07 Å². The van der Waals surface area contributed by atoms with E-state index in [-0.39, 0.29) is 5.82 Å². The Morgan fingerprint density at radius 1 is 1.38 bits per heavy atom. The molecule has 0 aliphatic heterocycles. The molecule has 0 bridgehead atoms. The van der Waals surface area contributed by atoms with Crippen molar-refractivity contribution in [2.75, 3.05) is 7.05 Å². The summed E-state index contributed by atoms with van der Waals surface area (Å²) in [5.74, 6) is 1.37. The molecule has 0 radical (unpaired) electrons. The first-order valence-electron chi connectivity index (χ1n) is 6.06. The average Bonchev–Trinajstić information content (AvgIpc) is 3.07. The third kappa shape index (κ3) is 2.27. The van der Waals surface area contributed by atoms with Gasteiger partial charge in [-0.25, -0.2) is 4.39 Å². The second-order valence-electron chi connectivity index (χ2n) is 4.97. The first kappa shape index (κ1) is 11.6. The van der Waals surface area contributed by atoms with Crippen LogP contribution in [0.1, 0.15) is 36.9 Å². The lowest BCUT2D eigenvalue weighted by Crippen LogP contribution is -2.24. The fourth-order valence-corrected chi connectivity index (χ4v) is 2.49. The van der Waals surface area contributed by atoms with Crippen LogP contribution in [0.25, 0.3) is 0 Å².